The number of fused-ring (bicyclic) bond motifs is 1. The van der Waals surface area contributed by atoms with Gasteiger partial charge in [-0.05, 0) is 48.4 Å². The highest BCUT2D eigenvalue weighted by molar-refractivity contribution is 5.96. The van der Waals surface area contributed by atoms with Crippen molar-refractivity contribution in [3.05, 3.63) is 102 Å². The number of aromatic nitrogens is 1. The summed E-state index contributed by atoms with van der Waals surface area (Å²) in [6, 6.07) is 20.9. The van der Waals surface area contributed by atoms with E-state index in [4.69, 9.17) is 9.47 Å². The van der Waals surface area contributed by atoms with Crippen LogP contribution in [0.5, 0.6) is 5.75 Å². The van der Waals surface area contributed by atoms with E-state index < -0.39 is 5.82 Å². The first kappa shape index (κ1) is 26.9. The Hall–Kier alpha value is -4.17. The fraction of sp³-hybridized carbons (Fsp3) is 0.267. The highest BCUT2D eigenvalue weighted by Crippen LogP contribution is 2.22. The molecule has 1 heterocycles. The van der Waals surface area contributed by atoms with Gasteiger partial charge in [-0.15, -0.1) is 0 Å². The lowest BCUT2D eigenvalue weighted by atomic mass is 10.1. The van der Waals surface area contributed by atoms with E-state index in [-0.39, 0.29) is 31.5 Å². The van der Waals surface area contributed by atoms with Gasteiger partial charge in [-0.1, -0.05) is 36.4 Å². The minimum absolute atomic E-state index is 0.136. The predicted molar refractivity (Wildman–Crippen MR) is 145 cm³/mol. The van der Waals surface area contributed by atoms with Crippen molar-refractivity contribution in [3.63, 3.8) is 0 Å². The lowest BCUT2D eigenvalue weighted by Gasteiger charge is -2.28. The average molecular weight is 518 g/mol. The monoisotopic (exact) mass is 517 g/mol. The van der Waals surface area contributed by atoms with E-state index in [1.165, 1.54) is 36.3 Å². The van der Waals surface area contributed by atoms with Crippen molar-refractivity contribution < 1.29 is 23.5 Å². The highest BCUT2D eigenvalue weighted by atomic mass is 19.1. The van der Waals surface area contributed by atoms with Gasteiger partial charge in [-0.2, -0.15) is 0 Å². The molecule has 1 N–H and O–H groups in total. The average Bonchev–Trinajstić information content (AvgIpc) is 3.36. The molecule has 0 saturated heterocycles. The van der Waals surface area contributed by atoms with E-state index in [9.17, 15) is 14.0 Å². The molecular formula is C30H32FN3O4. The third-order valence-corrected chi connectivity index (χ3v) is 6.50. The molecule has 0 unspecified atom stereocenters. The van der Waals surface area contributed by atoms with Crippen molar-refractivity contribution in [2.24, 2.45) is 0 Å². The third-order valence-electron chi connectivity index (χ3n) is 6.50. The number of aromatic amines is 1. The molecule has 0 radical (unpaired) electrons. The Kier molecular flexibility index (Phi) is 9.11. The fourth-order valence-corrected chi connectivity index (χ4v) is 4.42. The van der Waals surface area contributed by atoms with E-state index in [1.54, 1.807) is 12.0 Å². The maximum Gasteiger partial charge on any atom is 0.254 e. The molecule has 1 aromatic heterocycles. The van der Waals surface area contributed by atoms with Crippen LogP contribution in [0.3, 0.4) is 0 Å². The molecule has 8 heteroatoms. The van der Waals surface area contributed by atoms with Crippen molar-refractivity contribution in [2.45, 2.75) is 13.0 Å². The standard InChI is InChI=1S/C30H32FN3O4/c1-37-18-17-34(30(36)22-11-13-25(31)14-12-22)21-29(35)33(20-24-7-3-6-10-28(24)38-2)16-15-23-19-32-27-9-5-4-8-26(23)27/h3-14,19,32H,15-18,20-21H2,1-2H3. The minimum Gasteiger partial charge on any atom is -0.496 e. The van der Waals surface area contributed by atoms with Crippen molar-refractivity contribution in [2.75, 3.05) is 40.5 Å². The topological polar surface area (TPSA) is 74.9 Å². The summed E-state index contributed by atoms with van der Waals surface area (Å²) in [5.41, 5.74) is 3.33. The Morgan fingerprint density at radius 2 is 1.61 bits per heavy atom. The fourth-order valence-electron chi connectivity index (χ4n) is 4.42. The lowest BCUT2D eigenvalue weighted by molar-refractivity contribution is -0.132. The van der Waals surface area contributed by atoms with Gasteiger partial charge in [0, 0.05) is 55.0 Å². The summed E-state index contributed by atoms with van der Waals surface area (Å²) in [6.07, 6.45) is 2.61. The number of hydrogen-bond donors (Lipinski definition) is 1. The third kappa shape index (κ3) is 6.58. The zero-order chi connectivity index (χ0) is 26.9. The number of amides is 2. The highest BCUT2D eigenvalue weighted by Gasteiger charge is 2.23. The molecule has 0 aliphatic heterocycles. The van der Waals surface area contributed by atoms with Crippen molar-refractivity contribution in [1.29, 1.82) is 0 Å². The van der Waals surface area contributed by atoms with E-state index in [0.717, 1.165) is 22.0 Å². The number of para-hydroxylation sites is 2. The summed E-state index contributed by atoms with van der Waals surface area (Å²) in [4.78, 5) is 33.4. The van der Waals surface area contributed by atoms with E-state index in [2.05, 4.69) is 11.1 Å². The normalized spacial score (nSPS) is 10.9. The number of hydrogen-bond acceptors (Lipinski definition) is 4. The van der Waals surface area contributed by atoms with Crippen LogP contribution in [0, 0.1) is 5.82 Å². The van der Waals surface area contributed by atoms with Gasteiger partial charge < -0.3 is 24.3 Å². The second kappa shape index (κ2) is 12.9. The Morgan fingerprint density at radius 1 is 0.868 bits per heavy atom. The Labute approximate surface area is 221 Å². The molecule has 0 spiro atoms. The maximum atomic E-state index is 13.7. The maximum absolute atomic E-state index is 13.7. The summed E-state index contributed by atoms with van der Waals surface area (Å²) < 4.78 is 24.1. The van der Waals surface area contributed by atoms with Gasteiger partial charge in [0.1, 0.15) is 18.1 Å². The Balaban J connectivity index is 1.56. The number of benzene rings is 3. The molecule has 2 amide bonds. The molecule has 4 aromatic rings. The van der Waals surface area contributed by atoms with Gasteiger partial charge in [0.05, 0.1) is 13.7 Å². The summed E-state index contributed by atoms with van der Waals surface area (Å²) in [7, 11) is 3.14. The minimum atomic E-state index is -0.429. The molecule has 4 rings (SSSR count). The number of methoxy groups -OCH3 is 2. The van der Waals surface area contributed by atoms with Crippen LogP contribution in [0.4, 0.5) is 4.39 Å². The molecule has 38 heavy (non-hydrogen) atoms. The second-order valence-electron chi connectivity index (χ2n) is 8.96. The first-order chi connectivity index (χ1) is 18.5. The quantitative estimate of drug-likeness (QED) is 0.296. The summed E-state index contributed by atoms with van der Waals surface area (Å²) in [5, 5.41) is 1.12. The van der Waals surface area contributed by atoms with Crippen LogP contribution in [0.15, 0.2) is 79.0 Å². The van der Waals surface area contributed by atoms with E-state index in [0.29, 0.717) is 30.8 Å². The summed E-state index contributed by atoms with van der Waals surface area (Å²) in [6.45, 7) is 1.13. The van der Waals surface area contributed by atoms with Crippen LogP contribution in [0.25, 0.3) is 10.9 Å². The van der Waals surface area contributed by atoms with Crippen molar-refractivity contribution in [1.82, 2.24) is 14.8 Å². The van der Waals surface area contributed by atoms with Crippen LogP contribution in [-0.4, -0.2) is 67.1 Å². The van der Waals surface area contributed by atoms with E-state index in [1.807, 2.05) is 48.7 Å². The van der Waals surface area contributed by atoms with Gasteiger partial charge in [0.2, 0.25) is 5.91 Å². The number of nitrogens with one attached hydrogen (secondary N) is 1. The van der Waals surface area contributed by atoms with Crippen LogP contribution >= 0.6 is 0 Å². The zero-order valence-electron chi connectivity index (χ0n) is 21.7. The smallest absolute Gasteiger partial charge is 0.254 e. The molecule has 198 valence electrons. The predicted octanol–water partition coefficient (Wildman–Crippen LogP) is 4.68. The molecule has 0 saturated carbocycles. The number of nitrogens with zero attached hydrogens (tertiary/aromatic N) is 2. The molecule has 3 aromatic carbocycles. The van der Waals surface area contributed by atoms with Crippen molar-refractivity contribution in [3.8, 4) is 5.75 Å². The van der Waals surface area contributed by atoms with E-state index >= 15 is 0 Å². The number of ether oxygens (including phenoxy) is 2. The van der Waals surface area contributed by atoms with Gasteiger partial charge in [-0.3, -0.25) is 9.59 Å². The molecule has 0 fully saturated rings. The first-order valence-electron chi connectivity index (χ1n) is 12.5. The molecule has 0 atom stereocenters. The Bertz CT molecular complexity index is 1370. The van der Waals surface area contributed by atoms with Crippen LogP contribution in [-0.2, 0) is 22.5 Å². The van der Waals surface area contributed by atoms with Gasteiger partial charge in [0.25, 0.3) is 5.91 Å². The molecule has 7 nitrogen and oxygen atoms in total. The number of carbonyl (C=O) groups excluding carboxylic acids is 2. The van der Waals surface area contributed by atoms with Crippen molar-refractivity contribution >= 4 is 22.7 Å². The van der Waals surface area contributed by atoms with Crippen LogP contribution in [0.2, 0.25) is 0 Å². The number of H-pyrrole nitrogens is 1. The van der Waals surface area contributed by atoms with Crippen LogP contribution < -0.4 is 4.74 Å². The van der Waals surface area contributed by atoms with Gasteiger partial charge in [0.15, 0.2) is 0 Å². The first-order valence-corrected chi connectivity index (χ1v) is 12.5. The molecule has 0 aliphatic carbocycles. The molecule has 0 aliphatic rings. The number of rotatable bonds is 12. The lowest BCUT2D eigenvalue weighted by Crippen LogP contribution is -2.44. The number of halogens is 1. The summed E-state index contributed by atoms with van der Waals surface area (Å²) in [5.74, 6) is -0.302. The second-order valence-corrected chi connectivity index (χ2v) is 8.96. The largest absolute Gasteiger partial charge is 0.496 e. The van der Waals surface area contributed by atoms with Crippen LogP contribution in [0.1, 0.15) is 21.5 Å². The Morgan fingerprint density at radius 3 is 2.37 bits per heavy atom. The zero-order valence-corrected chi connectivity index (χ0v) is 21.7. The molecular weight excluding hydrogens is 485 g/mol. The number of carbonyl (C=O) groups is 2. The molecule has 0 bridgehead atoms. The van der Waals surface area contributed by atoms with Gasteiger partial charge >= 0.3 is 0 Å². The van der Waals surface area contributed by atoms with Gasteiger partial charge in [-0.25, -0.2) is 4.39 Å². The summed E-state index contributed by atoms with van der Waals surface area (Å²) >= 11 is 0. The SMILES string of the molecule is COCCN(CC(=O)N(CCc1c[nH]c2ccccc12)Cc1ccccc1OC)C(=O)c1ccc(F)cc1.